The highest BCUT2D eigenvalue weighted by Crippen LogP contribution is 2.18. The predicted octanol–water partition coefficient (Wildman–Crippen LogP) is 2.16. The number of hydrogen-bond acceptors (Lipinski definition) is 5. The Bertz CT molecular complexity index is 529. The summed E-state index contributed by atoms with van der Waals surface area (Å²) in [4.78, 5) is 33.2. The topological polar surface area (TPSA) is 110 Å². The van der Waals surface area contributed by atoms with Crippen molar-refractivity contribution in [3.63, 3.8) is 0 Å². The van der Waals surface area contributed by atoms with Crippen molar-refractivity contribution < 1.29 is 19.6 Å². The van der Waals surface area contributed by atoms with Gasteiger partial charge in [0.05, 0.1) is 10.5 Å². The van der Waals surface area contributed by atoms with Crippen LogP contribution in [0.15, 0.2) is 18.2 Å². The van der Waals surface area contributed by atoms with Gasteiger partial charge in [-0.2, -0.15) is 11.8 Å². The van der Waals surface area contributed by atoms with E-state index in [4.69, 9.17) is 5.11 Å². The van der Waals surface area contributed by atoms with Gasteiger partial charge in [-0.3, -0.25) is 14.9 Å². The summed E-state index contributed by atoms with van der Waals surface area (Å²) in [7, 11) is 0. The van der Waals surface area contributed by atoms with E-state index in [1.54, 1.807) is 11.8 Å². The van der Waals surface area contributed by atoms with Gasteiger partial charge in [-0.1, -0.05) is 6.92 Å². The molecular weight excluding hydrogens is 296 g/mol. The van der Waals surface area contributed by atoms with E-state index in [9.17, 15) is 19.7 Å². The van der Waals surface area contributed by atoms with Gasteiger partial charge >= 0.3 is 5.97 Å². The minimum atomic E-state index is -1.32. The van der Waals surface area contributed by atoms with Crippen molar-refractivity contribution in [2.24, 2.45) is 0 Å². The normalized spacial score (nSPS) is 11.7. The third kappa shape index (κ3) is 4.75. The monoisotopic (exact) mass is 312 g/mol. The zero-order chi connectivity index (χ0) is 16.0. The zero-order valence-electron chi connectivity index (χ0n) is 11.7. The van der Waals surface area contributed by atoms with Crippen LogP contribution in [-0.2, 0) is 0 Å². The first-order chi connectivity index (χ1) is 9.88. The summed E-state index contributed by atoms with van der Waals surface area (Å²) in [5.41, 5.74) is -0.730. The van der Waals surface area contributed by atoms with Crippen LogP contribution in [0.2, 0.25) is 0 Å². The molecule has 8 heteroatoms. The molecule has 0 aliphatic heterocycles. The van der Waals surface area contributed by atoms with Crippen molar-refractivity contribution in [2.75, 3.05) is 12.0 Å². The van der Waals surface area contributed by atoms with Crippen LogP contribution in [-0.4, -0.2) is 40.0 Å². The SMILES string of the molecule is CCC(CSC)NC(=O)c1cc(C(=O)O)cc([N+](=O)[O-])c1. The van der Waals surface area contributed by atoms with Gasteiger partial charge in [0, 0.05) is 29.5 Å². The molecule has 0 heterocycles. The number of carbonyl (C=O) groups excluding carboxylic acids is 1. The first-order valence-corrected chi connectivity index (χ1v) is 7.61. The van der Waals surface area contributed by atoms with Crippen LogP contribution >= 0.6 is 11.8 Å². The van der Waals surface area contributed by atoms with E-state index in [2.05, 4.69) is 5.32 Å². The van der Waals surface area contributed by atoms with E-state index in [-0.39, 0.29) is 17.2 Å². The molecule has 0 aromatic heterocycles. The predicted molar refractivity (Wildman–Crippen MR) is 80.0 cm³/mol. The van der Waals surface area contributed by atoms with Crippen LogP contribution in [0.5, 0.6) is 0 Å². The molecule has 1 rings (SSSR count). The quantitative estimate of drug-likeness (QED) is 0.590. The number of hydrogen-bond donors (Lipinski definition) is 2. The minimum absolute atomic E-state index is 0.0267. The van der Waals surface area contributed by atoms with Crippen LogP contribution in [0.4, 0.5) is 5.69 Å². The number of nitro groups is 1. The Hall–Kier alpha value is -2.09. The Morgan fingerprint density at radius 2 is 2.00 bits per heavy atom. The van der Waals surface area contributed by atoms with Crippen molar-refractivity contribution in [3.05, 3.63) is 39.4 Å². The number of carboxylic acids is 1. The van der Waals surface area contributed by atoms with Gasteiger partial charge in [-0.15, -0.1) is 0 Å². The number of carboxylic acid groups (broad SMARTS) is 1. The molecule has 0 aliphatic rings. The number of rotatable bonds is 7. The van der Waals surface area contributed by atoms with E-state index >= 15 is 0 Å². The first-order valence-electron chi connectivity index (χ1n) is 6.21. The highest BCUT2D eigenvalue weighted by Gasteiger charge is 2.19. The summed E-state index contributed by atoms with van der Waals surface area (Å²) in [6.45, 7) is 1.91. The van der Waals surface area contributed by atoms with Gasteiger partial charge in [0.2, 0.25) is 0 Å². The summed E-state index contributed by atoms with van der Waals surface area (Å²) in [6.07, 6.45) is 2.62. The maximum Gasteiger partial charge on any atom is 0.335 e. The molecular formula is C13H16N2O5S. The summed E-state index contributed by atoms with van der Waals surface area (Å²) < 4.78 is 0. The number of amides is 1. The summed E-state index contributed by atoms with van der Waals surface area (Å²) >= 11 is 1.57. The van der Waals surface area contributed by atoms with Gasteiger partial charge in [0.15, 0.2) is 0 Å². The lowest BCUT2D eigenvalue weighted by atomic mass is 10.1. The number of benzene rings is 1. The van der Waals surface area contributed by atoms with Crippen molar-refractivity contribution in [2.45, 2.75) is 19.4 Å². The lowest BCUT2D eigenvalue weighted by Crippen LogP contribution is -2.36. The molecule has 0 bridgehead atoms. The van der Waals surface area contributed by atoms with Crippen molar-refractivity contribution >= 4 is 29.3 Å². The van der Waals surface area contributed by atoms with E-state index in [0.29, 0.717) is 12.2 Å². The molecule has 2 N–H and O–H groups in total. The van der Waals surface area contributed by atoms with Crippen molar-refractivity contribution in [1.29, 1.82) is 0 Å². The average molecular weight is 312 g/mol. The fourth-order valence-electron chi connectivity index (χ4n) is 1.70. The second-order valence-corrected chi connectivity index (χ2v) is 5.28. The molecule has 1 aromatic rings. The van der Waals surface area contributed by atoms with E-state index in [0.717, 1.165) is 18.2 Å². The van der Waals surface area contributed by atoms with Crippen LogP contribution in [0.3, 0.4) is 0 Å². The maximum absolute atomic E-state index is 12.1. The van der Waals surface area contributed by atoms with Crippen LogP contribution < -0.4 is 5.32 Å². The number of nitrogens with zero attached hydrogens (tertiary/aromatic N) is 1. The fraction of sp³-hybridized carbons (Fsp3) is 0.385. The number of nitrogens with one attached hydrogen (secondary N) is 1. The molecule has 0 saturated heterocycles. The van der Waals surface area contributed by atoms with Gasteiger partial charge in [0.25, 0.3) is 11.6 Å². The Kier molecular flexibility index (Phi) is 6.16. The first kappa shape index (κ1) is 17.0. The van der Waals surface area contributed by atoms with Gasteiger partial charge < -0.3 is 10.4 Å². The molecule has 0 fully saturated rings. The summed E-state index contributed by atoms with van der Waals surface area (Å²) in [6, 6.07) is 3.07. The molecule has 1 atom stereocenters. The van der Waals surface area contributed by atoms with Crippen molar-refractivity contribution in [3.8, 4) is 0 Å². The molecule has 1 aromatic carbocycles. The molecule has 1 amide bonds. The maximum atomic E-state index is 12.1. The molecule has 0 aliphatic carbocycles. The third-order valence-electron chi connectivity index (χ3n) is 2.83. The summed E-state index contributed by atoms with van der Waals surface area (Å²) in [5, 5.41) is 22.5. The van der Waals surface area contributed by atoms with Gasteiger partial charge in [-0.25, -0.2) is 4.79 Å². The van der Waals surface area contributed by atoms with E-state index < -0.39 is 22.5 Å². The van der Waals surface area contributed by atoms with Crippen molar-refractivity contribution in [1.82, 2.24) is 5.32 Å². The fourth-order valence-corrected chi connectivity index (χ4v) is 2.42. The largest absolute Gasteiger partial charge is 0.478 e. The Labute approximate surface area is 125 Å². The molecule has 1 unspecified atom stereocenters. The van der Waals surface area contributed by atoms with Crippen LogP contribution in [0.25, 0.3) is 0 Å². The highest BCUT2D eigenvalue weighted by atomic mass is 32.2. The lowest BCUT2D eigenvalue weighted by Gasteiger charge is -2.15. The van der Waals surface area contributed by atoms with Gasteiger partial charge in [0.1, 0.15) is 0 Å². The number of non-ortho nitro benzene ring substituents is 1. The van der Waals surface area contributed by atoms with E-state index in [1.807, 2.05) is 13.2 Å². The average Bonchev–Trinajstić information content (AvgIpc) is 2.45. The highest BCUT2D eigenvalue weighted by molar-refractivity contribution is 7.98. The van der Waals surface area contributed by atoms with E-state index in [1.165, 1.54) is 0 Å². The lowest BCUT2D eigenvalue weighted by molar-refractivity contribution is -0.384. The van der Waals surface area contributed by atoms with Crippen LogP contribution in [0, 0.1) is 10.1 Å². The molecule has 21 heavy (non-hydrogen) atoms. The number of nitro benzene ring substituents is 1. The number of carbonyl (C=O) groups is 2. The Morgan fingerprint density at radius 1 is 1.38 bits per heavy atom. The number of thioether (sulfide) groups is 1. The Morgan fingerprint density at radius 3 is 2.48 bits per heavy atom. The minimum Gasteiger partial charge on any atom is -0.478 e. The standard InChI is InChI=1S/C13H16N2O5S/c1-3-10(7-21-2)14-12(16)8-4-9(13(17)18)6-11(5-8)15(19)20/h4-6,10H,3,7H2,1-2H3,(H,14,16)(H,17,18). The Balaban J connectivity index is 3.07. The summed E-state index contributed by atoms with van der Waals surface area (Å²) in [5.74, 6) is -1.12. The molecule has 0 radical (unpaired) electrons. The second-order valence-electron chi connectivity index (χ2n) is 4.36. The van der Waals surface area contributed by atoms with Crippen LogP contribution in [0.1, 0.15) is 34.1 Å². The number of aromatic carboxylic acids is 1. The van der Waals surface area contributed by atoms with Gasteiger partial charge in [-0.05, 0) is 18.7 Å². The molecule has 0 saturated carbocycles. The zero-order valence-corrected chi connectivity index (χ0v) is 12.5. The third-order valence-corrected chi connectivity index (χ3v) is 3.57. The second kappa shape index (κ2) is 7.63. The smallest absolute Gasteiger partial charge is 0.335 e. The molecule has 7 nitrogen and oxygen atoms in total. The molecule has 114 valence electrons. The molecule has 0 spiro atoms.